The second kappa shape index (κ2) is 6.35. The maximum atomic E-state index is 13.0. The molecule has 9 heteroatoms. The van der Waals surface area contributed by atoms with Gasteiger partial charge in [0.15, 0.2) is 0 Å². The summed E-state index contributed by atoms with van der Waals surface area (Å²) in [5.74, 6) is 0.177. The number of rotatable bonds is 4. The number of nitrogens with one attached hydrogen (secondary N) is 1. The molecule has 0 unspecified atom stereocenters. The van der Waals surface area contributed by atoms with Crippen LogP contribution in [0.4, 0.5) is 19.1 Å². The van der Waals surface area contributed by atoms with E-state index in [2.05, 4.69) is 10.3 Å². The van der Waals surface area contributed by atoms with Crippen molar-refractivity contribution in [1.29, 1.82) is 0 Å². The standard InChI is InChI=1S/C18H12F3N3O3/c19-18(20,21)12-3-4-15-14(8-12)22-17(23-16(25)11-5-7-26-10-11)24(15)9-13-2-1-6-27-13/h1-8,10H,9H2,(H,22,23,25). The molecular formula is C18H12F3N3O3. The number of anilines is 1. The van der Waals surface area contributed by atoms with E-state index >= 15 is 0 Å². The molecule has 0 radical (unpaired) electrons. The molecule has 4 aromatic rings. The Hall–Kier alpha value is -3.49. The highest BCUT2D eigenvalue weighted by Gasteiger charge is 2.31. The third-order valence-electron chi connectivity index (χ3n) is 3.98. The van der Waals surface area contributed by atoms with Gasteiger partial charge in [0, 0.05) is 0 Å². The second-order valence-electron chi connectivity index (χ2n) is 5.77. The molecule has 1 aromatic carbocycles. The maximum absolute atomic E-state index is 13.0. The molecule has 0 fully saturated rings. The quantitative estimate of drug-likeness (QED) is 0.568. The number of furan rings is 2. The van der Waals surface area contributed by atoms with Crippen LogP contribution in [0, 0.1) is 0 Å². The normalized spacial score (nSPS) is 11.8. The third kappa shape index (κ3) is 3.31. The lowest BCUT2D eigenvalue weighted by atomic mass is 10.2. The van der Waals surface area contributed by atoms with E-state index in [1.807, 2.05) is 0 Å². The summed E-state index contributed by atoms with van der Waals surface area (Å²) in [5, 5.41) is 2.60. The molecule has 0 spiro atoms. The van der Waals surface area contributed by atoms with Crippen molar-refractivity contribution in [2.75, 3.05) is 5.32 Å². The van der Waals surface area contributed by atoms with Gasteiger partial charge in [0.2, 0.25) is 5.95 Å². The Morgan fingerprint density at radius 3 is 2.70 bits per heavy atom. The van der Waals surface area contributed by atoms with Gasteiger partial charge in [-0.15, -0.1) is 0 Å². The number of amides is 1. The van der Waals surface area contributed by atoms with Gasteiger partial charge < -0.3 is 13.4 Å². The van der Waals surface area contributed by atoms with Crippen LogP contribution in [0.2, 0.25) is 0 Å². The molecule has 0 atom stereocenters. The highest BCUT2D eigenvalue weighted by molar-refractivity contribution is 6.03. The van der Waals surface area contributed by atoms with Gasteiger partial charge in [-0.2, -0.15) is 13.2 Å². The minimum atomic E-state index is -4.49. The monoisotopic (exact) mass is 375 g/mol. The Morgan fingerprint density at radius 1 is 1.19 bits per heavy atom. The van der Waals surface area contributed by atoms with E-state index in [9.17, 15) is 18.0 Å². The average molecular weight is 375 g/mol. The molecule has 0 aliphatic heterocycles. The van der Waals surface area contributed by atoms with Gasteiger partial charge in [0.05, 0.1) is 41.2 Å². The molecule has 4 rings (SSSR count). The second-order valence-corrected chi connectivity index (χ2v) is 5.77. The van der Waals surface area contributed by atoms with Crippen LogP contribution in [0.3, 0.4) is 0 Å². The molecule has 3 aromatic heterocycles. The molecule has 3 heterocycles. The van der Waals surface area contributed by atoms with Gasteiger partial charge >= 0.3 is 6.18 Å². The molecule has 0 aliphatic rings. The first kappa shape index (κ1) is 17.0. The fourth-order valence-corrected chi connectivity index (χ4v) is 2.69. The van der Waals surface area contributed by atoms with Crippen LogP contribution >= 0.6 is 0 Å². The van der Waals surface area contributed by atoms with E-state index in [-0.39, 0.29) is 23.6 Å². The van der Waals surface area contributed by atoms with Crippen LogP contribution in [0.15, 0.2) is 64.0 Å². The zero-order valence-corrected chi connectivity index (χ0v) is 13.7. The van der Waals surface area contributed by atoms with Crippen molar-refractivity contribution < 1.29 is 26.8 Å². The van der Waals surface area contributed by atoms with E-state index < -0.39 is 17.6 Å². The lowest BCUT2D eigenvalue weighted by Gasteiger charge is -2.09. The summed E-state index contributed by atoms with van der Waals surface area (Å²) in [4.78, 5) is 16.5. The summed E-state index contributed by atoms with van der Waals surface area (Å²) in [6.07, 6.45) is -0.397. The molecule has 138 valence electrons. The van der Waals surface area contributed by atoms with Gasteiger partial charge in [0.1, 0.15) is 12.0 Å². The highest BCUT2D eigenvalue weighted by atomic mass is 19.4. The topological polar surface area (TPSA) is 73.2 Å². The van der Waals surface area contributed by atoms with Gasteiger partial charge in [-0.25, -0.2) is 4.98 Å². The van der Waals surface area contributed by atoms with Gasteiger partial charge in [-0.05, 0) is 36.4 Å². The van der Waals surface area contributed by atoms with E-state index in [0.717, 1.165) is 12.1 Å². The smallest absolute Gasteiger partial charge is 0.416 e. The first-order valence-corrected chi connectivity index (χ1v) is 7.85. The maximum Gasteiger partial charge on any atom is 0.416 e. The van der Waals surface area contributed by atoms with Gasteiger partial charge in [-0.1, -0.05) is 0 Å². The highest BCUT2D eigenvalue weighted by Crippen LogP contribution is 2.32. The van der Waals surface area contributed by atoms with Crippen molar-refractivity contribution in [3.8, 4) is 0 Å². The lowest BCUT2D eigenvalue weighted by molar-refractivity contribution is -0.137. The molecule has 0 saturated carbocycles. The van der Waals surface area contributed by atoms with E-state index in [1.54, 1.807) is 16.7 Å². The summed E-state index contributed by atoms with van der Waals surface area (Å²) < 4.78 is 50.7. The number of hydrogen-bond acceptors (Lipinski definition) is 4. The van der Waals surface area contributed by atoms with Crippen LogP contribution in [0.1, 0.15) is 21.7 Å². The number of fused-ring (bicyclic) bond motifs is 1. The molecule has 6 nitrogen and oxygen atoms in total. The van der Waals surface area contributed by atoms with Crippen LogP contribution < -0.4 is 5.32 Å². The Kier molecular flexibility index (Phi) is 3.98. The third-order valence-corrected chi connectivity index (χ3v) is 3.98. The molecule has 0 aliphatic carbocycles. The zero-order chi connectivity index (χ0) is 19.0. The minimum Gasteiger partial charge on any atom is -0.472 e. The number of aromatic nitrogens is 2. The van der Waals surface area contributed by atoms with Gasteiger partial charge in [0.25, 0.3) is 5.91 Å². The van der Waals surface area contributed by atoms with Gasteiger partial charge in [-0.3, -0.25) is 10.1 Å². The van der Waals surface area contributed by atoms with E-state index in [1.165, 1.54) is 30.9 Å². The number of halogens is 3. The molecular weight excluding hydrogens is 363 g/mol. The molecule has 0 bridgehead atoms. The summed E-state index contributed by atoms with van der Waals surface area (Å²) in [5.41, 5.74) is -0.00582. The number of alkyl halides is 3. The average Bonchev–Trinajstić information content (AvgIpc) is 3.36. The fourth-order valence-electron chi connectivity index (χ4n) is 2.69. The van der Waals surface area contributed by atoms with Crippen LogP contribution in [0.5, 0.6) is 0 Å². The Labute approximate surface area is 150 Å². The zero-order valence-electron chi connectivity index (χ0n) is 13.7. The number of hydrogen-bond donors (Lipinski definition) is 1. The first-order chi connectivity index (χ1) is 12.9. The predicted octanol–water partition coefficient (Wildman–Crippen LogP) is 4.54. The Morgan fingerprint density at radius 2 is 2.04 bits per heavy atom. The van der Waals surface area contributed by atoms with Crippen molar-refractivity contribution in [3.63, 3.8) is 0 Å². The van der Waals surface area contributed by atoms with Crippen molar-refractivity contribution in [2.45, 2.75) is 12.7 Å². The van der Waals surface area contributed by atoms with Crippen LogP contribution in [0.25, 0.3) is 11.0 Å². The van der Waals surface area contributed by atoms with Crippen LogP contribution in [-0.4, -0.2) is 15.5 Å². The largest absolute Gasteiger partial charge is 0.472 e. The van der Waals surface area contributed by atoms with Crippen molar-refractivity contribution >= 4 is 22.9 Å². The number of carbonyl (C=O) groups excluding carboxylic acids is 1. The fraction of sp³-hybridized carbons (Fsp3) is 0.111. The summed E-state index contributed by atoms with van der Waals surface area (Å²) >= 11 is 0. The summed E-state index contributed by atoms with van der Waals surface area (Å²) in [6, 6.07) is 8.13. The van der Waals surface area contributed by atoms with Crippen LogP contribution in [-0.2, 0) is 12.7 Å². The van der Waals surface area contributed by atoms with Crippen molar-refractivity contribution in [3.05, 3.63) is 72.1 Å². The van der Waals surface area contributed by atoms with Crippen molar-refractivity contribution in [2.24, 2.45) is 0 Å². The van der Waals surface area contributed by atoms with Crippen molar-refractivity contribution in [1.82, 2.24) is 9.55 Å². The SMILES string of the molecule is O=C(Nc1nc2cc(C(F)(F)F)ccc2n1Cc1ccco1)c1ccoc1. The van der Waals surface area contributed by atoms with E-state index in [0.29, 0.717) is 11.3 Å². The number of benzene rings is 1. The molecule has 1 amide bonds. The molecule has 0 saturated heterocycles. The first-order valence-electron chi connectivity index (χ1n) is 7.85. The molecule has 27 heavy (non-hydrogen) atoms. The lowest BCUT2D eigenvalue weighted by Crippen LogP contribution is -2.15. The Balaban J connectivity index is 1.78. The minimum absolute atomic E-state index is 0.104. The number of carbonyl (C=O) groups is 1. The number of imidazole rings is 1. The Bertz CT molecular complexity index is 1080. The molecule has 1 N–H and O–H groups in total. The summed E-state index contributed by atoms with van der Waals surface area (Å²) in [6.45, 7) is 0.190. The predicted molar refractivity (Wildman–Crippen MR) is 89.2 cm³/mol. The summed E-state index contributed by atoms with van der Waals surface area (Å²) in [7, 11) is 0. The number of nitrogens with zero attached hydrogens (tertiary/aromatic N) is 2. The van der Waals surface area contributed by atoms with E-state index in [4.69, 9.17) is 8.83 Å².